The molecular formula is C13H26N2. The van der Waals surface area contributed by atoms with E-state index in [2.05, 4.69) is 18.7 Å². The highest BCUT2D eigenvalue weighted by Crippen LogP contribution is 2.33. The molecule has 1 saturated carbocycles. The zero-order chi connectivity index (χ0) is 10.9. The Hall–Kier alpha value is -0.0800. The second kappa shape index (κ2) is 4.42. The topological polar surface area (TPSA) is 29.3 Å². The van der Waals surface area contributed by atoms with Gasteiger partial charge in [0, 0.05) is 12.1 Å². The molecule has 0 aromatic rings. The first-order valence-corrected chi connectivity index (χ1v) is 6.56. The summed E-state index contributed by atoms with van der Waals surface area (Å²) in [6.45, 7) is 7.43. The van der Waals surface area contributed by atoms with Crippen molar-refractivity contribution in [2.75, 3.05) is 13.1 Å². The molecule has 2 nitrogen and oxygen atoms in total. The van der Waals surface area contributed by atoms with Crippen LogP contribution in [0.15, 0.2) is 0 Å². The highest BCUT2D eigenvalue weighted by Gasteiger charge is 2.30. The molecule has 1 saturated heterocycles. The minimum Gasteiger partial charge on any atom is -0.328 e. The molecule has 2 heteroatoms. The lowest BCUT2D eigenvalue weighted by molar-refractivity contribution is 0.0737. The maximum Gasteiger partial charge on any atom is 0.00964 e. The largest absolute Gasteiger partial charge is 0.328 e. The van der Waals surface area contributed by atoms with E-state index in [9.17, 15) is 0 Å². The van der Waals surface area contributed by atoms with Gasteiger partial charge in [-0.3, -0.25) is 0 Å². The highest BCUT2D eigenvalue weighted by molar-refractivity contribution is 4.86. The van der Waals surface area contributed by atoms with Crippen molar-refractivity contribution < 1.29 is 0 Å². The molecule has 0 unspecified atom stereocenters. The number of hydrogen-bond donors (Lipinski definition) is 1. The van der Waals surface area contributed by atoms with Crippen LogP contribution in [0.1, 0.15) is 52.4 Å². The van der Waals surface area contributed by atoms with Crippen LogP contribution in [-0.4, -0.2) is 30.1 Å². The molecular weight excluding hydrogens is 184 g/mol. The number of piperidine rings is 1. The molecule has 88 valence electrons. The van der Waals surface area contributed by atoms with Crippen molar-refractivity contribution in [2.24, 2.45) is 11.1 Å². The maximum absolute atomic E-state index is 5.95. The molecule has 0 atom stereocenters. The molecule has 1 aliphatic heterocycles. The van der Waals surface area contributed by atoms with E-state index in [1.54, 1.807) is 0 Å². The fourth-order valence-corrected chi connectivity index (χ4v) is 2.96. The average molecular weight is 210 g/mol. The summed E-state index contributed by atoms with van der Waals surface area (Å²) in [5.41, 5.74) is 6.54. The van der Waals surface area contributed by atoms with E-state index in [4.69, 9.17) is 5.73 Å². The summed E-state index contributed by atoms with van der Waals surface area (Å²) in [6.07, 6.45) is 7.89. The smallest absolute Gasteiger partial charge is 0.00964 e. The van der Waals surface area contributed by atoms with Gasteiger partial charge in [-0.2, -0.15) is 0 Å². The lowest BCUT2D eigenvalue weighted by atomic mass is 9.81. The summed E-state index contributed by atoms with van der Waals surface area (Å²) in [6, 6.07) is 1.34. The molecule has 2 aliphatic rings. The second-order valence-corrected chi connectivity index (χ2v) is 6.27. The van der Waals surface area contributed by atoms with Gasteiger partial charge in [0.2, 0.25) is 0 Å². The summed E-state index contributed by atoms with van der Waals surface area (Å²) in [7, 11) is 0. The number of nitrogens with zero attached hydrogens (tertiary/aromatic N) is 1. The molecule has 2 N–H and O–H groups in total. The quantitative estimate of drug-likeness (QED) is 0.720. The standard InChI is InChI=1S/C13H26N2/c1-13(2)7-9-15(10-8-13)12-5-3-11(14)4-6-12/h11-12H,3-10,14H2,1-2H3. The van der Waals surface area contributed by atoms with Crippen LogP contribution in [0.5, 0.6) is 0 Å². The van der Waals surface area contributed by atoms with Gasteiger partial charge in [-0.05, 0) is 57.0 Å². The van der Waals surface area contributed by atoms with Crippen molar-refractivity contribution in [3.05, 3.63) is 0 Å². The minimum atomic E-state index is 0.488. The van der Waals surface area contributed by atoms with Crippen LogP contribution in [0, 0.1) is 5.41 Å². The third kappa shape index (κ3) is 2.94. The first kappa shape index (κ1) is 11.4. The SMILES string of the molecule is CC1(C)CCN(C2CCC(N)CC2)CC1. The normalized spacial score (nSPS) is 37.8. The van der Waals surface area contributed by atoms with E-state index in [-0.39, 0.29) is 0 Å². The minimum absolute atomic E-state index is 0.488. The molecule has 1 aliphatic carbocycles. The van der Waals surface area contributed by atoms with Crippen LogP contribution in [-0.2, 0) is 0 Å². The summed E-state index contributed by atoms with van der Waals surface area (Å²) in [4.78, 5) is 2.72. The van der Waals surface area contributed by atoms with Gasteiger partial charge >= 0.3 is 0 Å². The lowest BCUT2D eigenvalue weighted by Crippen LogP contribution is -2.46. The molecule has 0 spiro atoms. The van der Waals surface area contributed by atoms with Gasteiger partial charge in [0.1, 0.15) is 0 Å². The Morgan fingerprint density at radius 3 is 2.07 bits per heavy atom. The van der Waals surface area contributed by atoms with E-state index in [1.807, 2.05) is 0 Å². The Morgan fingerprint density at radius 1 is 1.00 bits per heavy atom. The Kier molecular flexibility index (Phi) is 3.36. The molecule has 2 fully saturated rings. The van der Waals surface area contributed by atoms with E-state index >= 15 is 0 Å². The first-order valence-electron chi connectivity index (χ1n) is 6.56. The maximum atomic E-state index is 5.95. The zero-order valence-electron chi connectivity index (χ0n) is 10.3. The number of nitrogens with two attached hydrogens (primary N) is 1. The number of rotatable bonds is 1. The zero-order valence-corrected chi connectivity index (χ0v) is 10.3. The molecule has 0 bridgehead atoms. The Morgan fingerprint density at radius 2 is 1.53 bits per heavy atom. The monoisotopic (exact) mass is 210 g/mol. The van der Waals surface area contributed by atoms with Crippen molar-refractivity contribution >= 4 is 0 Å². The van der Waals surface area contributed by atoms with E-state index in [0.29, 0.717) is 11.5 Å². The van der Waals surface area contributed by atoms with Crippen LogP contribution in [0.25, 0.3) is 0 Å². The van der Waals surface area contributed by atoms with Crippen LogP contribution in [0.2, 0.25) is 0 Å². The van der Waals surface area contributed by atoms with E-state index < -0.39 is 0 Å². The average Bonchev–Trinajstić information content (AvgIpc) is 2.20. The van der Waals surface area contributed by atoms with Gasteiger partial charge < -0.3 is 10.6 Å². The lowest BCUT2D eigenvalue weighted by Gasteiger charge is -2.43. The van der Waals surface area contributed by atoms with Crippen LogP contribution < -0.4 is 5.73 Å². The summed E-state index contributed by atoms with van der Waals surface area (Å²) in [5, 5.41) is 0. The summed E-state index contributed by atoms with van der Waals surface area (Å²) >= 11 is 0. The predicted octanol–water partition coefficient (Wildman–Crippen LogP) is 2.38. The van der Waals surface area contributed by atoms with Crippen LogP contribution >= 0.6 is 0 Å². The van der Waals surface area contributed by atoms with Crippen molar-refractivity contribution in [1.29, 1.82) is 0 Å². The first-order chi connectivity index (χ1) is 7.07. The van der Waals surface area contributed by atoms with Crippen molar-refractivity contribution in [2.45, 2.75) is 64.5 Å². The fourth-order valence-electron chi connectivity index (χ4n) is 2.96. The van der Waals surface area contributed by atoms with E-state index in [1.165, 1.54) is 51.6 Å². The molecule has 0 amide bonds. The third-order valence-electron chi connectivity index (χ3n) is 4.41. The molecule has 0 aromatic heterocycles. The Balaban J connectivity index is 1.80. The molecule has 0 aromatic carbocycles. The number of hydrogen-bond acceptors (Lipinski definition) is 2. The Bertz CT molecular complexity index is 195. The Labute approximate surface area is 94.2 Å². The van der Waals surface area contributed by atoms with Crippen molar-refractivity contribution in [3.8, 4) is 0 Å². The van der Waals surface area contributed by atoms with Gasteiger partial charge in [-0.1, -0.05) is 13.8 Å². The predicted molar refractivity (Wildman–Crippen MR) is 64.8 cm³/mol. The fraction of sp³-hybridized carbons (Fsp3) is 1.00. The molecule has 0 radical (unpaired) electrons. The molecule has 15 heavy (non-hydrogen) atoms. The van der Waals surface area contributed by atoms with Gasteiger partial charge in [0.15, 0.2) is 0 Å². The van der Waals surface area contributed by atoms with Crippen molar-refractivity contribution in [1.82, 2.24) is 4.90 Å². The summed E-state index contributed by atoms with van der Waals surface area (Å²) < 4.78 is 0. The number of likely N-dealkylation sites (tertiary alicyclic amines) is 1. The molecule has 2 rings (SSSR count). The van der Waals surface area contributed by atoms with Crippen LogP contribution in [0.4, 0.5) is 0 Å². The van der Waals surface area contributed by atoms with E-state index in [0.717, 1.165) is 6.04 Å². The third-order valence-corrected chi connectivity index (χ3v) is 4.41. The van der Waals surface area contributed by atoms with Gasteiger partial charge in [-0.15, -0.1) is 0 Å². The highest BCUT2D eigenvalue weighted by atomic mass is 15.2. The van der Waals surface area contributed by atoms with Gasteiger partial charge in [-0.25, -0.2) is 0 Å². The van der Waals surface area contributed by atoms with Gasteiger partial charge in [0.05, 0.1) is 0 Å². The van der Waals surface area contributed by atoms with Crippen molar-refractivity contribution in [3.63, 3.8) is 0 Å². The second-order valence-electron chi connectivity index (χ2n) is 6.27. The van der Waals surface area contributed by atoms with Gasteiger partial charge in [0.25, 0.3) is 0 Å². The molecule has 1 heterocycles. The summed E-state index contributed by atoms with van der Waals surface area (Å²) in [5.74, 6) is 0. The van der Waals surface area contributed by atoms with Crippen LogP contribution in [0.3, 0.4) is 0 Å².